The fraction of sp³-hybridized carbons (Fsp3) is 0.217. The fourth-order valence-electron chi connectivity index (χ4n) is 2.98. The predicted molar refractivity (Wildman–Crippen MR) is 113 cm³/mol. The molecule has 1 heterocycles. The van der Waals surface area contributed by atoms with Crippen molar-refractivity contribution in [1.29, 1.82) is 0 Å². The molecular weight excluding hydrogens is 444 g/mol. The van der Waals surface area contributed by atoms with Gasteiger partial charge in [-0.05, 0) is 55.8 Å². The average Bonchev–Trinajstić information content (AvgIpc) is 2.72. The quantitative estimate of drug-likeness (QED) is 0.530. The van der Waals surface area contributed by atoms with Crippen molar-refractivity contribution in [2.24, 2.45) is 0 Å². The summed E-state index contributed by atoms with van der Waals surface area (Å²) in [6.07, 6.45) is -3.44. The number of hydrogen-bond donors (Lipinski definition) is 2. The Kier molecular flexibility index (Phi) is 6.59. The molecule has 174 valence electrons. The number of benzene rings is 2. The second-order valence-corrected chi connectivity index (χ2v) is 7.70. The van der Waals surface area contributed by atoms with Crippen LogP contribution in [0.5, 0.6) is 5.75 Å². The molecule has 0 bridgehead atoms. The van der Waals surface area contributed by atoms with Gasteiger partial charge in [0.15, 0.2) is 6.61 Å². The Morgan fingerprint density at radius 1 is 1.09 bits per heavy atom. The van der Waals surface area contributed by atoms with Crippen molar-refractivity contribution < 1.29 is 32.2 Å². The van der Waals surface area contributed by atoms with E-state index in [2.05, 4.69) is 10.1 Å². The molecule has 0 aliphatic rings. The Morgan fingerprint density at radius 3 is 2.36 bits per heavy atom. The molecule has 6 nitrogen and oxygen atoms in total. The first-order chi connectivity index (χ1) is 15.3. The minimum absolute atomic E-state index is 0.158. The standard InChI is InChI=1S/C23H20F4N2O4/c1-22(2,32)14-5-8-16(9-6-14)28-20(30)17-4-3-11-29(21(17)31)18-10-7-15(24)12-19(18)33-13-23(25,26)27/h3-12,32H,13H2,1-2H3,(H,28,30). The van der Waals surface area contributed by atoms with Crippen LogP contribution >= 0.6 is 0 Å². The van der Waals surface area contributed by atoms with Crippen LogP contribution in [0.3, 0.4) is 0 Å². The molecule has 0 atom stereocenters. The topological polar surface area (TPSA) is 80.6 Å². The zero-order chi connectivity index (χ0) is 24.4. The Morgan fingerprint density at radius 2 is 1.76 bits per heavy atom. The Balaban J connectivity index is 1.91. The molecule has 0 spiro atoms. The van der Waals surface area contributed by atoms with E-state index >= 15 is 0 Å². The van der Waals surface area contributed by atoms with Crippen molar-refractivity contribution in [2.75, 3.05) is 11.9 Å². The predicted octanol–water partition coefficient (Wildman–Crippen LogP) is 4.40. The number of alkyl halides is 3. The molecule has 1 aromatic heterocycles. The van der Waals surface area contributed by atoms with Crippen LogP contribution in [0.4, 0.5) is 23.2 Å². The van der Waals surface area contributed by atoms with Gasteiger partial charge in [0, 0.05) is 18.0 Å². The molecule has 2 N–H and O–H groups in total. The van der Waals surface area contributed by atoms with Crippen molar-refractivity contribution in [3.8, 4) is 11.4 Å². The molecule has 0 aliphatic carbocycles. The van der Waals surface area contributed by atoms with Crippen molar-refractivity contribution in [3.63, 3.8) is 0 Å². The summed E-state index contributed by atoms with van der Waals surface area (Å²) in [5.74, 6) is -2.12. The number of nitrogens with one attached hydrogen (secondary N) is 1. The van der Waals surface area contributed by atoms with Gasteiger partial charge in [0.1, 0.15) is 17.1 Å². The van der Waals surface area contributed by atoms with Crippen LogP contribution in [-0.4, -0.2) is 28.4 Å². The van der Waals surface area contributed by atoms with E-state index < -0.39 is 41.4 Å². The van der Waals surface area contributed by atoms with Crippen LogP contribution in [0.25, 0.3) is 5.69 Å². The fourth-order valence-corrected chi connectivity index (χ4v) is 2.98. The summed E-state index contributed by atoms with van der Waals surface area (Å²) in [7, 11) is 0. The average molecular weight is 464 g/mol. The summed E-state index contributed by atoms with van der Waals surface area (Å²) in [6, 6.07) is 11.7. The van der Waals surface area contributed by atoms with E-state index in [-0.39, 0.29) is 11.3 Å². The van der Waals surface area contributed by atoms with Crippen LogP contribution in [-0.2, 0) is 5.60 Å². The van der Waals surface area contributed by atoms with Crippen LogP contribution in [0.2, 0.25) is 0 Å². The Hall–Kier alpha value is -3.66. The zero-order valence-electron chi connectivity index (χ0n) is 17.6. The van der Waals surface area contributed by atoms with Crippen molar-refractivity contribution >= 4 is 11.6 Å². The zero-order valence-corrected chi connectivity index (χ0v) is 17.6. The van der Waals surface area contributed by atoms with Crippen LogP contribution in [0.1, 0.15) is 29.8 Å². The lowest BCUT2D eigenvalue weighted by atomic mass is 9.98. The third-order valence-electron chi connectivity index (χ3n) is 4.61. The number of anilines is 1. The number of hydrogen-bond acceptors (Lipinski definition) is 4. The molecule has 0 fully saturated rings. The minimum Gasteiger partial charge on any atom is -0.482 e. The van der Waals surface area contributed by atoms with E-state index in [9.17, 15) is 32.3 Å². The lowest BCUT2D eigenvalue weighted by Gasteiger charge is -2.18. The van der Waals surface area contributed by atoms with Gasteiger partial charge < -0.3 is 15.2 Å². The van der Waals surface area contributed by atoms with Crippen molar-refractivity contribution in [1.82, 2.24) is 4.57 Å². The summed E-state index contributed by atoms with van der Waals surface area (Å²) in [6.45, 7) is 1.53. The number of carbonyl (C=O) groups is 1. The van der Waals surface area contributed by atoms with E-state index in [1.807, 2.05) is 0 Å². The van der Waals surface area contributed by atoms with Gasteiger partial charge in [-0.3, -0.25) is 14.2 Å². The van der Waals surface area contributed by atoms with Crippen LogP contribution in [0, 0.1) is 5.82 Å². The largest absolute Gasteiger partial charge is 0.482 e. The Labute approximate surface area is 186 Å². The van der Waals surface area contributed by atoms with Gasteiger partial charge in [-0.25, -0.2) is 4.39 Å². The maximum atomic E-state index is 13.6. The summed E-state index contributed by atoms with van der Waals surface area (Å²) in [5.41, 5.74) is -1.39. The molecule has 0 unspecified atom stereocenters. The number of carbonyl (C=O) groups excluding carboxylic acids is 1. The number of aliphatic hydroxyl groups is 1. The van der Waals surface area contributed by atoms with E-state index in [4.69, 9.17) is 0 Å². The highest BCUT2D eigenvalue weighted by molar-refractivity contribution is 6.04. The molecule has 0 radical (unpaired) electrons. The number of ether oxygens (including phenoxy) is 1. The highest BCUT2D eigenvalue weighted by atomic mass is 19.4. The first-order valence-corrected chi connectivity index (χ1v) is 9.70. The highest BCUT2D eigenvalue weighted by Crippen LogP contribution is 2.26. The molecule has 0 aliphatic heterocycles. The molecule has 10 heteroatoms. The van der Waals surface area contributed by atoms with Gasteiger partial charge >= 0.3 is 6.18 Å². The van der Waals surface area contributed by atoms with E-state index in [0.29, 0.717) is 11.3 Å². The van der Waals surface area contributed by atoms with Crippen LogP contribution in [0.15, 0.2) is 65.6 Å². The SMILES string of the molecule is CC(C)(O)c1ccc(NC(=O)c2cccn(-c3ccc(F)cc3OCC(F)(F)F)c2=O)cc1. The summed E-state index contributed by atoms with van der Waals surface area (Å²) >= 11 is 0. The van der Waals surface area contributed by atoms with Crippen molar-refractivity contribution in [3.05, 3.63) is 88.1 Å². The number of aromatic nitrogens is 1. The Bertz CT molecular complexity index is 1210. The number of nitrogens with zero attached hydrogens (tertiary/aromatic N) is 1. The summed E-state index contributed by atoms with van der Waals surface area (Å²) in [5, 5.41) is 12.6. The van der Waals surface area contributed by atoms with Gasteiger partial charge in [-0.1, -0.05) is 12.1 Å². The van der Waals surface area contributed by atoms with E-state index in [1.54, 1.807) is 38.1 Å². The minimum atomic E-state index is -4.67. The molecule has 0 saturated heterocycles. The molecule has 3 rings (SSSR count). The van der Waals surface area contributed by atoms with E-state index in [1.165, 1.54) is 18.3 Å². The highest BCUT2D eigenvalue weighted by Gasteiger charge is 2.29. The lowest BCUT2D eigenvalue weighted by Crippen LogP contribution is -2.28. The number of pyridine rings is 1. The van der Waals surface area contributed by atoms with Gasteiger partial charge in [0.25, 0.3) is 11.5 Å². The first kappa shape index (κ1) is 24.0. The number of rotatable bonds is 6. The van der Waals surface area contributed by atoms with Gasteiger partial charge in [-0.2, -0.15) is 13.2 Å². The van der Waals surface area contributed by atoms with Gasteiger partial charge in [0.05, 0.1) is 11.3 Å². The molecule has 0 saturated carbocycles. The second kappa shape index (κ2) is 9.07. The summed E-state index contributed by atoms with van der Waals surface area (Å²) in [4.78, 5) is 25.6. The molecule has 33 heavy (non-hydrogen) atoms. The third-order valence-corrected chi connectivity index (χ3v) is 4.61. The molecule has 1 amide bonds. The second-order valence-electron chi connectivity index (χ2n) is 7.70. The molecular formula is C23H20F4N2O4. The number of halogens is 4. The first-order valence-electron chi connectivity index (χ1n) is 9.70. The maximum Gasteiger partial charge on any atom is 0.422 e. The molecule has 2 aromatic carbocycles. The van der Waals surface area contributed by atoms with Gasteiger partial charge in [0.2, 0.25) is 0 Å². The lowest BCUT2D eigenvalue weighted by molar-refractivity contribution is -0.153. The van der Waals surface area contributed by atoms with Crippen LogP contribution < -0.4 is 15.6 Å². The van der Waals surface area contributed by atoms with Gasteiger partial charge in [-0.15, -0.1) is 0 Å². The van der Waals surface area contributed by atoms with E-state index in [0.717, 1.165) is 22.8 Å². The smallest absolute Gasteiger partial charge is 0.422 e. The number of amides is 1. The third kappa shape index (κ3) is 5.98. The normalized spacial score (nSPS) is 11.8. The summed E-state index contributed by atoms with van der Waals surface area (Å²) < 4.78 is 56.9. The maximum absolute atomic E-state index is 13.6. The monoisotopic (exact) mass is 464 g/mol. The van der Waals surface area contributed by atoms with Crippen molar-refractivity contribution in [2.45, 2.75) is 25.6 Å². The molecule has 3 aromatic rings.